The zero-order valence-electron chi connectivity index (χ0n) is 9.94. The van der Waals surface area contributed by atoms with Crippen LogP contribution < -0.4 is 4.74 Å². The molecule has 2 aromatic rings. The Morgan fingerprint density at radius 2 is 2.18 bits per heavy atom. The molecule has 0 amide bonds. The number of hydrogen-bond donors (Lipinski definition) is 0. The summed E-state index contributed by atoms with van der Waals surface area (Å²) in [6.45, 7) is 0. The lowest BCUT2D eigenvalue weighted by atomic mass is 10.0. The van der Waals surface area contributed by atoms with E-state index in [0.29, 0.717) is 0 Å². The smallest absolute Gasteiger partial charge is 0.145 e. The van der Waals surface area contributed by atoms with Crippen LogP contribution in [0.1, 0.15) is 24.8 Å². The summed E-state index contributed by atoms with van der Waals surface area (Å²) in [5.74, 6) is 0.850. The molecule has 1 aliphatic rings. The molecule has 0 bridgehead atoms. The van der Waals surface area contributed by atoms with Gasteiger partial charge in [0.2, 0.25) is 0 Å². The Labute approximate surface area is 101 Å². The standard InChI is InChI=1S/C15H15NO/c1-17-14-8-4-7-13-12(9-10-16-15(13)14)11-5-2-3-6-11/h4-5,7-10H,2-3,6H2,1H3. The van der Waals surface area contributed by atoms with Gasteiger partial charge < -0.3 is 4.74 Å². The van der Waals surface area contributed by atoms with Crippen LogP contribution in [-0.4, -0.2) is 12.1 Å². The van der Waals surface area contributed by atoms with Crippen molar-refractivity contribution in [2.75, 3.05) is 7.11 Å². The van der Waals surface area contributed by atoms with Gasteiger partial charge in [-0.1, -0.05) is 18.2 Å². The van der Waals surface area contributed by atoms with Gasteiger partial charge in [0.25, 0.3) is 0 Å². The minimum atomic E-state index is 0.850. The second kappa shape index (κ2) is 4.21. The molecular weight excluding hydrogens is 210 g/mol. The SMILES string of the molecule is COc1cccc2c(C3=CCCC3)ccnc12. The Balaban J connectivity index is 2.26. The monoisotopic (exact) mass is 225 g/mol. The van der Waals surface area contributed by atoms with Gasteiger partial charge in [-0.05, 0) is 42.5 Å². The highest BCUT2D eigenvalue weighted by molar-refractivity contribution is 5.94. The third-order valence-corrected chi connectivity index (χ3v) is 3.34. The van der Waals surface area contributed by atoms with Crippen LogP contribution in [0.3, 0.4) is 0 Å². The maximum absolute atomic E-state index is 5.36. The van der Waals surface area contributed by atoms with Crippen molar-refractivity contribution in [3.8, 4) is 5.75 Å². The van der Waals surface area contributed by atoms with E-state index >= 15 is 0 Å². The van der Waals surface area contributed by atoms with Crippen molar-refractivity contribution < 1.29 is 4.74 Å². The van der Waals surface area contributed by atoms with Crippen LogP contribution in [0.5, 0.6) is 5.75 Å². The topological polar surface area (TPSA) is 22.1 Å². The second-order valence-electron chi connectivity index (χ2n) is 4.34. The van der Waals surface area contributed by atoms with E-state index in [4.69, 9.17) is 4.74 Å². The van der Waals surface area contributed by atoms with Crippen molar-refractivity contribution in [2.45, 2.75) is 19.3 Å². The molecule has 0 saturated heterocycles. The van der Waals surface area contributed by atoms with Gasteiger partial charge in [0.05, 0.1) is 7.11 Å². The molecule has 86 valence electrons. The zero-order chi connectivity index (χ0) is 11.7. The van der Waals surface area contributed by atoms with Gasteiger partial charge in [-0.15, -0.1) is 0 Å². The minimum absolute atomic E-state index is 0.850. The number of hydrogen-bond acceptors (Lipinski definition) is 2. The highest BCUT2D eigenvalue weighted by Gasteiger charge is 2.12. The third-order valence-electron chi connectivity index (χ3n) is 3.34. The van der Waals surface area contributed by atoms with E-state index in [1.807, 2.05) is 18.3 Å². The van der Waals surface area contributed by atoms with Gasteiger partial charge in [0.1, 0.15) is 11.3 Å². The van der Waals surface area contributed by atoms with E-state index in [1.54, 1.807) is 7.11 Å². The van der Waals surface area contributed by atoms with E-state index in [1.165, 1.54) is 35.8 Å². The van der Waals surface area contributed by atoms with Crippen molar-refractivity contribution in [1.29, 1.82) is 0 Å². The number of rotatable bonds is 2. The Kier molecular flexibility index (Phi) is 2.56. The normalized spacial score (nSPS) is 15.0. The number of methoxy groups -OCH3 is 1. The van der Waals surface area contributed by atoms with Crippen LogP contribution in [0.2, 0.25) is 0 Å². The van der Waals surface area contributed by atoms with E-state index in [9.17, 15) is 0 Å². The Hall–Kier alpha value is -1.83. The number of ether oxygens (including phenoxy) is 1. The summed E-state index contributed by atoms with van der Waals surface area (Å²) in [4.78, 5) is 4.43. The average Bonchev–Trinajstić information content (AvgIpc) is 2.91. The molecule has 1 aromatic heterocycles. The molecule has 1 heterocycles. The lowest BCUT2D eigenvalue weighted by molar-refractivity contribution is 0.419. The number of aromatic nitrogens is 1. The summed E-state index contributed by atoms with van der Waals surface area (Å²) >= 11 is 0. The number of benzene rings is 1. The van der Waals surface area contributed by atoms with Gasteiger partial charge in [-0.25, -0.2) is 0 Å². The fraction of sp³-hybridized carbons (Fsp3) is 0.267. The molecule has 1 aliphatic carbocycles. The van der Waals surface area contributed by atoms with Gasteiger partial charge in [-0.2, -0.15) is 0 Å². The molecule has 17 heavy (non-hydrogen) atoms. The lowest BCUT2D eigenvalue weighted by Crippen LogP contribution is -1.91. The molecule has 0 radical (unpaired) electrons. The first kappa shape index (κ1) is 10.3. The summed E-state index contributed by atoms with van der Waals surface area (Å²) in [6.07, 6.45) is 7.86. The quantitative estimate of drug-likeness (QED) is 0.775. The van der Waals surface area contributed by atoms with Crippen molar-refractivity contribution >= 4 is 16.5 Å². The molecule has 0 unspecified atom stereocenters. The largest absolute Gasteiger partial charge is 0.494 e. The molecule has 2 heteroatoms. The maximum atomic E-state index is 5.36. The van der Waals surface area contributed by atoms with Crippen LogP contribution in [0.4, 0.5) is 0 Å². The summed E-state index contributed by atoms with van der Waals surface area (Å²) in [7, 11) is 1.69. The lowest BCUT2D eigenvalue weighted by Gasteiger charge is -2.09. The van der Waals surface area contributed by atoms with Crippen molar-refractivity contribution in [1.82, 2.24) is 4.98 Å². The number of pyridine rings is 1. The van der Waals surface area contributed by atoms with Crippen molar-refractivity contribution in [3.63, 3.8) is 0 Å². The van der Waals surface area contributed by atoms with Crippen LogP contribution >= 0.6 is 0 Å². The molecular formula is C15H15NO. The first-order valence-corrected chi connectivity index (χ1v) is 6.01. The molecule has 0 saturated carbocycles. The maximum Gasteiger partial charge on any atom is 0.145 e. The summed E-state index contributed by atoms with van der Waals surface area (Å²) in [5.41, 5.74) is 3.72. The number of allylic oxidation sites excluding steroid dienone is 2. The molecule has 0 fully saturated rings. The van der Waals surface area contributed by atoms with E-state index in [-0.39, 0.29) is 0 Å². The van der Waals surface area contributed by atoms with E-state index in [2.05, 4.69) is 23.2 Å². The number of fused-ring (bicyclic) bond motifs is 1. The Morgan fingerprint density at radius 3 is 2.94 bits per heavy atom. The van der Waals surface area contributed by atoms with Crippen LogP contribution in [0.25, 0.3) is 16.5 Å². The summed E-state index contributed by atoms with van der Waals surface area (Å²) in [5, 5.41) is 1.19. The van der Waals surface area contributed by atoms with E-state index in [0.717, 1.165) is 11.3 Å². The summed E-state index contributed by atoms with van der Waals surface area (Å²) in [6, 6.07) is 8.22. The Morgan fingerprint density at radius 1 is 1.24 bits per heavy atom. The van der Waals surface area contributed by atoms with Gasteiger partial charge >= 0.3 is 0 Å². The Bertz CT molecular complexity index is 586. The second-order valence-corrected chi connectivity index (χ2v) is 4.34. The van der Waals surface area contributed by atoms with Gasteiger partial charge in [0, 0.05) is 11.6 Å². The predicted molar refractivity (Wildman–Crippen MR) is 70.1 cm³/mol. The van der Waals surface area contributed by atoms with Crippen LogP contribution in [-0.2, 0) is 0 Å². The van der Waals surface area contributed by atoms with E-state index < -0.39 is 0 Å². The molecule has 2 nitrogen and oxygen atoms in total. The fourth-order valence-electron chi connectivity index (χ4n) is 2.51. The number of nitrogens with zero attached hydrogens (tertiary/aromatic N) is 1. The zero-order valence-corrected chi connectivity index (χ0v) is 9.94. The van der Waals surface area contributed by atoms with Crippen LogP contribution in [0, 0.1) is 0 Å². The first-order chi connectivity index (χ1) is 8.40. The van der Waals surface area contributed by atoms with Gasteiger partial charge in [-0.3, -0.25) is 4.98 Å². The van der Waals surface area contributed by atoms with Crippen LogP contribution in [0.15, 0.2) is 36.5 Å². The molecule has 3 rings (SSSR count). The molecule has 0 N–H and O–H groups in total. The molecule has 1 aromatic carbocycles. The van der Waals surface area contributed by atoms with Gasteiger partial charge in [0.15, 0.2) is 0 Å². The van der Waals surface area contributed by atoms with Crippen molar-refractivity contribution in [2.24, 2.45) is 0 Å². The fourth-order valence-corrected chi connectivity index (χ4v) is 2.51. The predicted octanol–water partition coefficient (Wildman–Crippen LogP) is 3.81. The number of para-hydroxylation sites is 1. The average molecular weight is 225 g/mol. The third kappa shape index (κ3) is 1.70. The highest BCUT2D eigenvalue weighted by atomic mass is 16.5. The molecule has 0 atom stereocenters. The van der Waals surface area contributed by atoms with Crippen molar-refractivity contribution in [3.05, 3.63) is 42.1 Å². The molecule has 0 spiro atoms. The first-order valence-electron chi connectivity index (χ1n) is 6.01. The molecule has 0 aliphatic heterocycles. The minimum Gasteiger partial charge on any atom is -0.494 e. The highest BCUT2D eigenvalue weighted by Crippen LogP contribution is 2.34. The summed E-state index contributed by atoms with van der Waals surface area (Å²) < 4.78 is 5.36.